The van der Waals surface area contributed by atoms with Gasteiger partial charge in [0.05, 0.1) is 33.5 Å². The quantitative estimate of drug-likeness (QED) is 0.199. The van der Waals surface area contributed by atoms with Crippen molar-refractivity contribution >= 4 is 66.2 Å². The molecule has 0 radical (unpaired) electrons. The summed E-state index contributed by atoms with van der Waals surface area (Å²) in [5, 5.41) is 5.14. The first-order valence-corrected chi connectivity index (χ1v) is 15.4. The largest absolute Gasteiger partial charge is 0.308 e. The van der Waals surface area contributed by atoms with Crippen LogP contribution in [0.15, 0.2) is 133 Å². The van der Waals surface area contributed by atoms with Crippen molar-refractivity contribution in [3.63, 3.8) is 0 Å². The van der Waals surface area contributed by atoms with Crippen LogP contribution in [0.25, 0.3) is 66.2 Å². The van der Waals surface area contributed by atoms with E-state index >= 15 is 0 Å². The summed E-state index contributed by atoms with van der Waals surface area (Å²) in [7, 11) is 0. The number of rotatable bonds is 2. The number of hydrogen-bond acceptors (Lipinski definition) is 0. The maximum absolute atomic E-state index is 2.53. The van der Waals surface area contributed by atoms with Crippen LogP contribution in [-0.4, -0.2) is 9.13 Å². The van der Waals surface area contributed by atoms with E-state index in [9.17, 15) is 0 Å². The molecule has 6 aromatic carbocycles. The van der Waals surface area contributed by atoms with Crippen molar-refractivity contribution in [2.75, 3.05) is 0 Å². The van der Waals surface area contributed by atoms with E-state index in [2.05, 4.69) is 156 Å². The normalized spacial score (nSPS) is 14.0. The van der Waals surface area contributed by atoms with Gasteiger partial charge in [-0.05, 0) is 61.4 Å². The van der Waals surface area contributed by atoms with Crippen molar-refractivity contribution in [3.05, 3.63) is 167 Å². The summed E-state index contributed by atoms with van der Waals surface area (Å²) in [5.41, 5.74) is 17.9. The Hall–Kier alpha value is -5.60. The molecule has 2 heteroatoms. The van der Waals surface area contributed by atoms with Crippen LogP contribution in [-0.2, 0) is 0 Å². The SMILES string of the molecule is Cc1ccc2c(c1)C(n1c3ccccc3c3ccccc31)=C1C2=C(n2c3ccccc3c3ccccc32)c2cc(C)ccc21. The Balaban J connectivity index is 1.45. The van der Waals surface area contributed by atoms with Gasteiger partial charge in [-0.1, -0.05) is 108 Å². The lowest BCUT2D eigenvalue weighted by molar-refractivity contribution is 1.21. The van der Waals surface area contributed by atoms with Gasteiger partial charge in [-0.15, -0.1) is 0 Å². The molecule has 0 N–H and O–H groups in total. The molecule has 206 valence electrons. The van der Waals surface area contributed by atoms with Crippen LogP contribution in [0.4, 0.5) is 0 Å². The van der Waals surface area contributed by atoms with Gasteiger partial charge in [0.25, 0.3) is 0 Å². The van der Waals surface area contributed by atoms with Crippen molar-refractivity contribution in [1.29, 1.82) is 0 Å². The summed E-state index contributed by atoms with van der Waals surface area (Å²) in [5.74, 6) is 0. The molecule has 8 aromatic rings. The fourth-order valence-electron chi connectivity index (χ4n) is 7.97. The molecular weight excluding hydrogens is 532 g/mol. The second kappa shape index (κ2) is 8.49. The Bertz CT molecular complexity index is 2330. The zero-order valence-corrected chi connectivity index (χ0v) is 24.6. The van der Waals surface area contributed by atoms with Gasteiger partial charge in [0.1, 0.15) is 0 Å². The minimum atomic E-state index is 1.24. The molecule has 0 amide bonds. The summed E-state index contributed by atoms with van der Waals surface area (Å²) in [6.45, 7) is 4.42. The predicted octanol–water partition coefficient (Wildman–Crippen LogP) is 10.7. The van der Waals surface area contributed by atoms with Crippen molar-refractivity contribution in [2.45, 2.75) is 13.8 Å². The van der Waals surface area contributed by atoms with Gasteiger partial charge < -0.3 is 9.13 Å². The number of fused-ring (bicyclic) bond motifs is 11. The van der Waals surface area contributed by atoms with Gasteiger partial charge in [0.2, 0.25) is 0 Å². The van der Waals surface area contributed by atoms with Gasteiger partial charge in [0, 0.05) is 43.8 Å². The van der Waals surface area contributed by atoms with Crippen molar-refractivity contribution in [3.8, 4) is 0 Å². The van der Waals surface area contributed by atoms with Crippen LogP contribution in [0.5, 0.6) is 0 Å². The summed E-state index contributed by atoms with van der Waals surface area (Å²) in [6.07, 6.45) is 0. The van der Waals surface area contributed by atoms with Crippen LogP contribution in [0, 0.1) is 13.8 Å². The number of para-hydroxylation sites is 4. The fraction of sp³-hybridized carbons (Fsp3) is 0.0476. The van der Waals surface area contributed by atoms with Gasteiger partial charge in [-0.25, -0.2) is 0 Å². The third-order valence-corrected chi connectivity index (χ3v) is 9.73. The molecule has 0 saturated carbocycles. The highest BCUT2D eigenvalue weighted by Gasteiger charge is 2.39. The Labute approximate surface area is 255 Å². The highest BCUT2D eigenvalue weighted by molar-refractivity contribution is 6.34. The molecule has 2 aliphatic rings. The highest BCUT2D eigenvalue weighted by atomic mass is 15.0. The van der Waals surface area contributed by atoms with E-state index in [4.69, 9.17) is 0 Å². The smallest absolute Gasteiger partial charge is 0.0626 e. The van der Waals surface area contributed by atoms with Crippen molar-refractivity contribution in [1.82, 2.24) is 9.13 Å². The molecule has 0 unspecified atom stereocenters. The van der Waals surface area contributed by atoms with E-state index < -0.39 is 0 Å². The van der Waals surface area contributed by atoms with E-state index in [0.717, 1.165) is 0 Å². The van der Waals surface area contributed by atoms with E-state index in [1.807, 2.05) is 0 Å². The molecule has 2 aromatic heterocycles. The third kappa shape index (κ3) is 2.95. The van der Waals surface area contributed by atoms with Crippen LogP contribution < -0.4 is 0 Å². The molecule has 2 heterocycles. The molecule has 0 saturated heterocycles. The highest BCUT2D eigenvalue weighted by Crippen LogP contribution is 2.58. The van der Waals surface area contributed by atoms with E-state index in [-0.39, 0.29) is 0 Å². The Kier molecular flexibility index (Phi) is 4.61. The van der Waals surface area contributed by atoms with Crippen LogP contribution >= 0.6 is 0 Å². The van der Waals surface area contributed by atoms with Crippen LogP contribution in [0.2, 0.25) is 0 Å². The minimum absolute atomic E-state index is 1.24. The summed E-state index contributed by atoms with van der Waals surface area (Å²) in [6, 6.07) is 49.5. The average Bonchev–Trinajstić information content (AvgIpc) is 3.76. The second-order valence-electron chi connectivity index (χ2n) is 12.3. The molecule has 0 aliphatic heterocycles. The monoisotopic (exact) mass is 560 g/mol. The van der Waals surface area contributed by atoms with Gasteiger partial charge >= 0.3 is 0 Å². The topological polar surface area (TPSA) is 9.86 Å². The maximum Gasteiger partial charge on any atom is 0.0626 e. The van der Waals surface area contributed by atoms with Crippen molar-refractivity contribution < 1.29 is 0 Å². The number of benzene rings is 6. The van der Waals surface area contributed by atoms with Gasteiger partial charge in [0.15, 0.2) is 0 Å². The Morgan fingerprint density at radius 2 is 0.659 bits per heavy atom. The molecule has 10 rings (SSSR count). The molecule has 44 heavy (non-hydrogen) atoms. The van der Waals surface area contributed by atoms with E-state index in [1.54, 1.807) is 0 Å². The molecule has 0 bridgehead atoms. The summed E-state index contributed by atoms with van der Waals surface area (Å²) < 4.78 is 5.06. The van der Waals surface area contributed by atoms with Crippen LogP contribution in [0.1, 0.15) is 33.4 Å². The first-order valence-electron chi connectivity index (χ1n) is 15.4. The fourth-order valence-corrected chi connectivity index (χ4v) is 7.97. The lowest BCUT2D eigenvalue weighted by Crippen LogP contribution is -2.02. The first-order chi connectivity index (χ1) is 21.7. The number of nitrogens with zero attached hydrogens (tertiary/aromatic N) is 2. The van der Waals surface area contributed by atoms with Gasteiger partial charge in [-0.2, -0.15) is 0 Å². The number of aryl methyl sites for hydroxylation is 2. The lowest BCUT2D eigenvalue weighted by atomic mass is 10.00. The Morgan fingerprint density at radius 1 is 0.341 bits per heavy atom. The predicted molar refractivity (Wildman–Crippen MR) is 186 cm³/mol. The Morgan fingerprint density at radius 3 is 1.00 bits per heavy atom. The summed E-state index contributed by atoms with van der Waals surface area (Å²) in [4.78, 5) is 0. The van der Waals surface area contributed by atoms with Gasteiger partial charge in [-0.3, -0.25) is 0 Å². The molecule has 2 aliphatic carbocycles. The zero-order chi connectivity index (χ0) is 29.1. The number of allylic oxidation sites excluding steroid dienone is 2. The average molecular weight is 561 g/mol. The first kappa shape index (κ1) is 23.9. The third-order valence-electron chi connectivity index (χ3n) is 9.73. The minimum Gasteiger partial charge on any atom is -0.308 e. The molecule has 2 nitrogen and oxygen atoms in total. The molecule has 0 spiro atoms. The lowest BCUT2D eigenvalue weighted by Gasteiger charge is -2.16. The number of hydrogen-bond donors (Lipinski definition) is 0. The number of aromatic nitrogens is 2. The summed E-state index contributed by atoms with van der Waals surface area (Å²) >= 11 is 0. The zero-order valence-electron chi connectivity index (χ0n) is 24.6. The van der Waals surface area contributed by atoms with E-state index in [1.165, 1.54) is 99.5 Å². The van der Waals surface area contributed by atoms with Crippen molar-refractivity contribution in [2.24, 2.45) is 0 Å². The maximum atomic E-state index is 2.53. The van der Waals surface area contributed by atoms with E-state index in [0.29, 0.717) is 0 Å². The molecular formula is C42H28N2. The second-order valence-corrected chi connectivity index (χ2v) is 12.3. The standard InChI is InChI=1S/C42H28N2/c1-25-19-21-31-33(23-25)41(43-35-15-7-3-11-27(35)28-12-4-8-16-36(28)43)40-32-22-20-26(2)24-34(32)42(39(31)40)44-37-17-9-5-13-29(37)30-14-6-10-18-38(30)44/h3-24H,1-2H3. The molecule has 0 fully saturated rings. The molecule has 0 atom stereocenters. The van der Waals surface area contributed by atoms with Crippen LogP contribution in [0.3, 0.4) is 0 Å².